The van der Waals surface area contributed by atoms with Crippen molar-refractivity contribution >= 4 is 5.97 Å². The van der Waals surface area contributed by atoms with Crippen LogP contribution in [0.3, 0.4) is 0 Å². The summed E-state index contributed by atoms with van der Waals surface area (Å²) in [6.45, 7) is 6.83. The van der Waals surface area contributed by atoms with E-state index in [2.05, 4.69) is 20.8 Å². The summed E-state index contributed by atoms with van der Waals surface area (Å²) in [7, 11) is 0. The molecule has 0 spiro atoms. The van der Waals surface area contributed by atoms with Gasteiger partial charge in [0.1, 0.15) is 6.10 Å². The Balaban J connectivity index is 3.90. The number of hydrogen-bond acceptors (Lipinski definition) is 2. The molecule has 0 N–H and O–H groups in total. The largest absolute Gasteiger partial charge is 0.462 e. The van der Waals surface area contributed by atoms with Crippen LogP contribution in [0.4, 0.5) is 0 Å². The topological polar surface area (TPSA) is 26.3 Å². The number of carbonyl (C=O) groups excluding carboxylic acids is 1. The summed E-state index contributed by atoms with van der Waals surface area (Å²) in [4.78, 5) is 12.5. The lowest BCUT2D eigenvalue weighted by Crippen LogP contribution is -2.18. The molecule has 0 bridgehead atoms. The number of unbranched alkanes of at least 4 members (excludes halogenated alkanes) is 23. The van der Waals surface area contributed by atoms with Gasteiger partial charge in [-0.15, -0.1) is 0 Å². The van der Waals surface area contributed by atoms with Crippen LogP contribution in [0.1, 0.15) is 207 Å². The van der Waals surface area contributed by atoms with Crippen molar-refractivity contribution in [3.05, 3.63) is 0 Å². The van der Waals surface area contributed by atoms with Gasteiger partial charge in [-0.25, -0.2) is 0 Å². The molecule has 0 rings (SSSR count). The second kappa shape index (κ2) is 30.7. The zero-order valence-electron chi connectivity index (χ0n) is 25.4. The Morgan fingerprint density at radius 2 is 0.694 bits per heavy atom. The van der Waals surface area contributed by atoms with Crippen LogP contribution in [0.2, 0.25) is 0 Å². The van der Waals surface area contributed by atoms with E-state index < -0.39 is 0 Å². The fourth-order valence-electron chi connectivity index (χ4n) is 5.28. The van der Waals surface area contributed by atoms with E-state index in [-0.39, 0.29) is 12.1 Å². The molecule has 216 valence electrons. The molecule has 36 heavy (non-hydrogen) atoms. The number of rotatable bonds is 30. The maximum atomic E-state index is 12.5. The van der Waals surface area contributed by atoms with Gasteiger partial charge in [-0.3, -0.25) is 4.79 Å². The first-order chi connectivity index (χ1) is 17.7. The van der Waals surface area contributed by atoms with E-state index in [0.717, 1.165) is 19.3 Å². The van der Waals surface area contributed by atoms with Gasteiger partial charge in [0.05, 0.1) is 0 Å². The maximum Gasteiger partial charge on any atom is 0.306 e. The summed E-state index contributed by atoms with van der Waals surface area (Å²) >= 11 is 0. The van der Waals surface area contributed by atoms with E-state index in [1.165, 1.54) is 161 Å². The van der Waals surface area contributed by atoms with Gasteiger partial charge in [0, 0.05) is 6.42 Å². The zero-order valence-corrected chi connectivity index (χ0v) is 25.4. The molecule has 0 amide bonds. The highest BCUT2D eigenvalue weighted by Crippen LogP contribution is 2.19. The monoisotopic (exact) mass is 509 g/mol. The summed E-state index contributed by atoms with van der Waals surface area (Å²) < 4.78 is 5.99. The second-order valence-electron chi connectivity index (χ2n) is 11.6. The lowest BCUT2D eigenvalue weighted by atomic mass is 10.0. The summed E-state index contributed by atoms with van der Waals surface area (Å²) in [6.07, 6.45) is 37.6. The Morgan fingerprint density at radius 1 is 0.417 bits per heavy atom. The Labute approximate surface area is 228 Å². The maximum absolute atomic E-state index is 12.5. The number of hydrogen-bond donors (Lipinski definition) is 0. The standard InChI is InChI=1S/C34H68O2/c1-4-7-10-13-15-17-18-19-21-22-25-28-31-33(30-27-24-12-9-6-3)36-34(35)32-29-26-23-20-16-14-11-8-5-2/h33H,4-32H2,1-3H3. The van der Waals surface area contributed by atoms with Crippen LogP contribution in [0.25, 0.3) is 0 Å². The van der Waals surface area contributed by atoms with Crippen molar-refractivity contribution in [2.45, 2.75) is 213 Å². The minimum atomic E-state index is 0.0652. The predicted octanol–water partition coefficient (Wildman–Crippen LogP) is 12.3. The normalized spacial score (nSPS) is 12.2. The van der Waals surface area contributed by atoms with Crippen molar-refractivity contribution in [1.82, 2.24) is 0 Å². The summed E-state index contributed by atoms with van der Waals surface area (Å²) in [6, 6.07) is 0. The van der Waals surface area contributed by atoms with E-state index in [1.807, 2.05) is 0 Å². The quantitative estimate of drug-likeness (QED) is 0.0712. The van der Waals surface area contributed by atoms with E-state index >= 15 is 0 Å². The molecule has 2 heteroatoms. The van der Waals surface area contributed by atoms with E-state index in [4.69, 9.17) is 4.74 Å². The first kappa shape index (κ1) is 35.5. The third-order valence-electron chi connectivity index (χ3n) is 7.79. The van der Waals surface area contributed by atoms with Crippen molar-refractivity contribution in [1.29, 1.82) is 0 Å². The fourth-order valence-corrected chi connectivity index (χ4v) is 5.28. The Kier molecular flexibility index (Phi) is 30.2. The highest BCUT2D eigenvalue weighted by atomic mass is 16.5. The van der Waals surface area contributed by atoms with Gasteiger partial charge in [0.2, 0.25) is 0 Å². The Hall–Kier alpha value is -0.530. The van der Waals surface area contributed by atoms with Crippen LogP contribution in [0.5, 0.6) is 0 Å². The van der Waals surface area contributed by atoms with Gasteiger partial charge in [-0.1, -0.05) is 168 Å². The molecular formula is C34H68O2. The fraction of sp³-hybridized carbons (Fsp3) is 0.971. The third kappa shape index (κ3) is 28.0. The first-order valence-corrected chi connectivity index (χ1v) is 16.9. The lowest BCUT2D eigenvalue weighted by molar-refractivity contribution is -0.150. The molecule has 0 aromatic carbocycles. The summed E-state index contributed by atoms with van der Waals surface area (Å²) in [5.41, 5.74) is 0. The van der Waals surface area contributed by atoms with Crippen LogP contribution in [0.15, 0.2) is 0 Å². The van der Waals surface area contributed by atoms with Crippen molar-refractivity contribution in [2.24, 2.45) is 0 Å². The van der Waals surface area contributed by atoms with Crippen LogP contribution >= 0.6 is 0 Å². The van der Waals surface area contributed by atoms with Gasteiger partial charge >= 0.3 is 5.97 Å². The minimum Gasteiger partial charge on any atom is -0.462 e. The molecule has 0 radical (unpaired) electrons. The number of esters is 1. The molecule has 0 fully saturated rings. The van der Waals surface area contributed by atoms with E-state index in [0.29, 0.717) is 6.42 Å². The second-order valence-corrected chi connectivity index (χ2v) is 11.6. The molecular weight excluding hydrogens is 440 g/mol. The van der Waals surface area contributed by atoms with Gasteiger partial charge in [-0.2, -0.15) is 0 Å². The molecule has 2 nitrogen and oxygen atoms in total. The smallest absolute Gasteiger partial charge is 0.306 e. The Morgan fingerprint density at radius 3 is 1.03 bits per heavy atom. The van der Waals surface area contributed by atoms with E-state index in [9.17, 15) is 4.79 Å². The molecule has 1 atom stereocenters. The summed E-state index contributed by atoms with van der Waals surface area (Å²) in [5, 5.41) is 0. The highest BCUT2D eigenvalue weighted by molar-refractivity contribution is 5.69. The first-order valence-electron chi connectivity index (χ1n) is 16.9. The van der Waals surface area contributed by atoms with Gasteiger partial charge < -0.3 is 4.74 Å². The molecule has 0 aromatic heterocycles. The average molecular weight is 509 g/mol. The van der Waals surface area contributed by atoms with Crippen molar-refractivity contribution < 1.29 is 9.53 Å². The Bertz CT molecular complexity index is 419. The van der Waals surface area contributed by atoms with Crippen LogP contribution < -0.4 is 0 Å². The molecule has 1 unspecified atom stereocenters. The molecule has 0 saturated carbocycles. The molecule has 0 saturated heterocycles. The molecule has 0 heterocycles. The summed E-state index contributed by atoms with van der Waals surface area (Å²) in [5.74, 6) is 0.0652. The highest BCUT2D eigenvalue weighted by Gasteiger charge is 2.14. The van der Waals surface area contributed by atoms with Crippen molar-refractivity contribution in [3.8, 4) is 0 Å². The van der Waals surface area contributed by atoms with Crippen LogP contribution in [0, 0.1) is 0 Å². The van der Waals surface area contributed by atoms with Crippen molar-refractivity contribution in [3.63, 3.8) is 0 Å². The SMILES string of the molecule is CCCCCCCCCCCCCCC(CCCCCCC)OC(=O)CCCCCCCCCCC. The molecule has 0 aliphatic heterocycles. The van der Waals surface area contributed by atoms with Gasteiger partial charge in [0.15, 0.2) is 0 Å². The molecule has 0 aromatic rings. The van der Waals surface area contributed by atoms with Gasteiger partial charge in [-0.05, 0) is 32.1 Å². The third-order valence-corrected chi connectivity index (χ3v) is 7.79. The van der Waals surface area contributed by atoms with Gasteiger partial charge in [0.25, 0.3) is 0 Å². The van der Waals surface area contributed by atoms with E-state index in [1.54, 1.807) is 0 Å². The van der Waals surface area contributed by atoms with Crippen LogP contribution in [-0.2, 0) is 9.53 Å². The lowest BCUT2D eigenvalue weighted by Gasteiger charge is -2.18. The number of ether oxygens (including phenoxy) is 1. The molecule has 0 aliphatic carbocycles. The predicted molar refractivity (Wildman–Crippen MR) is 161 cm³/mol. The average Bonchev–Trinajstić information content (AvgIpc) is 2.88. The number of carbonyl (C=O) groups is 1. The molecule has 0 aliphatic rings. The van der Waals surface area contributed by atoms with Crippen molar-refractivity contribution in [2.75, 3.05) is 0 Å². The zero-order chi connectivity index (χ0) is 26.4. The minimum absolute atomic E-state index is 0.0652. The van der Waals surface area contributed by atoms with Crippen LogP contribution in [-0.4, -0.2) is 12.1 Å².